The number of benzene rings is 2. The number of hydrogen-bond acceptors (Lipinski definition) is 6. The Bertz CT molecular complexity index is 1010. The first-order chi connectivity index (χ1) is 13.4. The van der Waals surface area contributed by atoms with Crippen LogP contribution in [0.5, 0.6) is 0 Å². The molecule has 2 aromatic carbocycles. The summed E-state index contributed by atoms with van der Waals surface area (Å²) >= 11 is 0. The molecule has 3 rings (SSSR count). The van der Waals surface area contributed by atoms with Crippen molar-refractivity contribution in [3.05, 3.63) is 66.0 Å². The summed E-state index contributed by atoms with van der Waals surface area (Å²) in [6.45, 7) is 0.468. The van der Waals surface area contributed by atoms with E-state index in [0.717, 1.165) is 22.4 Å². The summed E-state index contributed by atoms with van der Waals surface area (Å²) in [5.74, 6) is 0. The Morgan fingerprint density at radius 3 is 2.21 bits per heavy atom. The van der Waals surface area contributed by atoms with E-state index >= 15 is 0 Å². The van der Waals surface area contributed by atoms with Crippen LogP contribution in [0, 0.1) is 0 Å². The molecule has 1 unspecified atom stereocenters. The first-order valence-electron chi connectivity index (χ1n) is 9.02. The molecule has 0 radical (unpaired) electrons. The lowest BCUT2D eigenvalue weighted by molar-refractivity contribution is 0.216. The Morgan fingerprint density at radius 2 is 1.68 bits per heavy atom. The van der Waals surface area contributed by atoms with Crippen molar-refractivity contribution >= 4 is 9.84 Å². The van der Waals surface area contributed by atoms with Crippen LogP contribution in [0.2, 0.25) is 0 Å². The zero-order chi connectivity index (χ0) is 20.1. The van der Waals surface area contributed by atoms with E-state index in [1.807, 2.05) is 30.5 Å². The summed E-state index contributed by atoms with van der Waals surface area (Å²) in [6, 6.07) is 14.6. The maximum atomic E-state index is 11.6. The number of sulfone groups is 1. The summed E-state index contributed by atoms with van der Waals surface area (Å²) in [5.41, 5.74) is 9.35. The molecule has 28 heavy (non-hydrogen) atoms. The second kappa shape index (κ2) is 8.64. The van der Waals surface area contributed by atoms with Gasteiger partial charge in [0.1, 0.15) is 0 Å². The van der Waals surface area contributed by atoms with Crippen molar-refractivity contribution in [3.63, 3.8) is 0 Å². The Kier molecular flexibility index (Phi) is 6.23. The highest BCUT2D eigenvalue weighted by atomic mass is 32.2. The minimum atomic E-state index is -3.20. The Morgan fingerprint density at radius 1 is 1.07 bits per heavy atom. The van der Waals surface area contributed by atoms with Gasteiger partial charge in [-0.15, -0.1) is 5.10 Å². The summed E-state index contributed by atoms with van der Waals surface area (Å²) in [4.78, 5) is 0.306. The molecule has 0 spiro atoms. The van der Waals surface area contributed by atoms with Gasteiger partial charge in [0.2, 0.25) is 0 Å². The smallest absolute Gasteiger partial charge is 0.175 e. The molecule has 0 aliphatic carbocycles. The van der Waals surface area contributed by atoms with Crippen LogP contribution < -0.4 is 5.73 Å². The van der Waals surface area contributed by atoms with E-state index in [-0.39, 0.29) is 12.6 Å². The SMILES string of the molecule is CS(=O)(=O)c1ccc(-c2ccc(CC(CO)n3cc(CCN)nn3)cc2)cc1. The van der Waals surface area contributed by atoms with Gasteiger partial charge in [0.05, 0.1) is 23.2 Å². The molecule has 7 nitrogen and oxygen atoms in total. The maximum absolute atomic E-state index is 11.6. The number of nitrogens with two attached hydrogens (primary N) is 1. The summed E-state index contributed by atoms with van der Waals surface area (Å²) in [7, 11) is -3.20. The van der Waals surface area contributed by atoms with E-state index in [1.165, 1.54) is 6.26 Å². The van der Waals surface area contributed by atoms with Gasteiger partial charge in [-0.1, -0.05) is 41.6 Å². The molecule has 0 amide bonds. The van der Waals surface area contributed by atoms with Crippen LogP contribution in [-0.4, -0.2) is 47.9 Å². The van der Waals surface area contributed by atoms with Crippen LogP contribution in [0.1, 0.15) is 17.3 Å². The highest BCUT2D eigenvalue weighted by Gasteiger charge is 2.14. The standard InChI is InChI=1S/C20H24N4O3S/c1-28(26,27)20-8-6-17(7-9-20)16-4-2-15(3-5-16)12-19(14-25)24-13-18(10-11-21)22-23-24/h2-9,13,19,25H,10-12,14,21H2,1H3. The molecule has 8 heteroatoms. The minimum absolute atomic E-state index is 0.0415. The van der Waals surface area contributed by atoms with Gasteiger partial charge < -0.3 is 10.8 Å². The summed E-state index contributed by atoms with van der Waals surface area (Å²) < 4.78 is 24.8. The number of aliphatic hydroxyl groups excluding tert-OH is 1. The third-order valence-corrected chi connectivity index (χ3v) is 5.71. The van der Waals surface area contributed by atoms with E-state index in [9.17, 15) is 13.5 Å². The quantitative estimate of drug-likeness (QED) is 0.594. The first kappa shape index (κ1) is 20.2. The Hall–Kier alpha value is -2.55. The number of nitrogens with zero attached hydrogens (tertiary/aromatic N) is 3. The highest BCUT2D eigenvalue weighted by Crippen LogP contribution is 2.23. The molecule has 0 fully saturated rings. The minimum Gasteiger partial charge on any atom is -0.394 e. The second-order valence-electron chi connectivity index (χ2n) is 6.76. The van der Waals surface area contributed by atoms with Gasteiger partial charge in [-0.3, -0.25) is 0 Å². The maximum Gasteiger partial charge on any atom is 0.175 e. The Balaban J connectivity index is 1.72. The van der Waals surface area contributed by atoms with Crippen LogP contribution >= 0.6 is 0 Å². The van der Waals surface area contributed by atoms with Gasteiger partial charge in [0.15, 0.2) is 9.84 Å². The largest absolute Gasteiger partial charge is 0.394 e. The number of aliphatic hydroxyl groups is 1. The van der Waals surface area contributed by atoms with Crippen LogP contribution in [0.4, 0.5) is 0 Å². The highest BCUT2D eigenvalue weighted by molar-refractivity contribution is 7.90. The third-order valence-electron chi connectivity index (χ3n) is 4.58. The van der Waals surface area contributed by atoms with E-state index in [2.05, 4.69) is 10.3 Å². The summed E-state index contributed by atoms with van der Waals surface area (Å²) in [5, 5.41) is 17.9. The summed E-state index contributed by atoms with van der Waals surface area (Å²) in [6.07, 6.45) is 4.30. The predicted octanol–water partition coefficient (Wildman–Crippen LogP) is 1.63. The molecule has 148 valence electrons. The van der Waals surface area contributed by atoms with Crippen molar-refractivity contribution in [2.24, 2.45) is 5.73 Å². The van der Waals surface area contributed by atoms with Crippen molar-refractivity contribution < 1.29 is 13.5 Å². The Labute approximate surface area is 164 Å². The topological polar surface area (TPSA) is 111 Å². The number of rotatable bonds is 8. The lowest BCUT2D eigenvalue weighted by Gasteiger charge is -2.14. The average Bonchev–Trinajstić information content (AvgIpc) is 3.15. The van der Waals surface area contributed by atoms with Crippen molar-refractivity contribution in [1.29, 1.82) is 0 Å². The van der Waals surface area contributed by atoms with Gasteiger partial charge in [-0.05, 0) is 41.8 Å². The molecule has 0 aliphatic heterocycles. The lowest BCUT2D eigenvalue weighted by atomic mass is 10.0. The third kappa shape index (κ3) is 4.83. The van der Waals surface area contributed by atoms with Crippen LogP contribution in [0.25, 0.3) is 11.1 Å². The lowest BCUT2D eigenvalue weighted by Crippen LogP contribution is -2.16. The molecule has 1 aromatic heterocycles. The molecule has 0 bridgehead atoms. The second-order valence-corrected chi connectivity index (χ2v) is 8.78. The van der Waals surface area contributed by atoms with Gasteiger partial charge in [-0.25, -0.2) is 13.1 Å². The molecule has 1 heterocycles. The van der Waals surface area contributed by atoms with Crippen molar-refractivity contribution in [2.45, 2.75) is 23.8 Å². The first-order valence-corrected chi connectivity index (χ1v) is 10.9. The predicted molar refractivity (Wildman–Crippen MR) is 108 cm³/mol. The monoisotopic (exact) mass is 400 g/mol. The van der Waals surface area contributed by atoms with E-state index in [0.29, 0.717) is 24.3 Å². The van der Waals surface area contributed by atoms with Crippen molar-refractivity contribution in [3.8, 4) is 11.1 Å². The van der Waals surface area contributed by atoms with Gasteiger partial charge >= 0.3 is 0 Å². The normalized spacial score (nSPS) is 12.8. The molecule has 0 aliphatic rings. The zero-order valence-electron chi connectivity index (χ0n) is 15.7. The molecule has 1 atom stereocenters. The molecule has 3 N–H and O–H groups in total. The number of hydrogen-bond donors (Lipinski definition) is 2. The van der Waals surface area contributed by atoms with Crippen molar-refractivity contribution in [2.75, 3.05) is 19.4 Å². The van der Waals surface area contributed by atoms with Crippen molar-refractivity contribution in [1.82, 2.24) is 15.0 Å². The van der Waals surface area contributed by atoms with Crippen LogP contribution in [-0.2, 0) is 22.7 Å². The van der Waals surface area contributed by atoms with Crippen LogP contribution in [0.15, 0.2) is 59.6 Å². The fraction of sp³-hybridized carbons (Fsp3) is 0.300. The number of aromatic nitrogens is 3. The molecule has 0 saturated carbocycles. The van der Waals surface area contributed by atoms with Gasteiger partial charge in [0, 0.05) is 18.9 Å². The zero-order valence-corrected chi connectivity index (χ0v) is 16.5. The van der Waals surface area contributed by atoms with E-state index < -0.39 is 9.84 Å². The van der Waals surface area contributed by atoms with E-state index in [1.54, 1.807) is 28.9 Å². The van der Waals surface area contributed by atoms with E-state index in [4.69, 9.17) is 5.73 Å². The molecular formula is C20H24N4O3S. The molecular weight excluding hydrogens is 376 g/mol. The molecule has 0 saturated heterocycles. The van der Waals surface area contributed by atoms with Crippen LogP contribution in [0.3, 0.4) is 0 Å². The fourth-order valence-electron chi connectivity index (χ4n) is 3.00. The molecule has 3 aromatic rings. The fourth-order valence-corrected chi connectivity index (χ4v) is 3.63. The average molecular weight is 401 g/mol. The van der Waals surface area contributed by atoms with Gasteiger partial charge in [0.25, 0.3) is 0 Å². The van der Waals surface area contributed by atoms with Gasteiger partial charge in [-0.2, -0.15) is 0 Å².